The van der Waals surface area contributed by atoms with E-state index in [1.807, 2.05) is 42.1 Å². The van der Waals surface area contributed by atoms with Crippen LogP contribution in [0.2, 0.25) is 0 Å². The minimum absolute atomic E-state index is 0. The van der Waals surface area contributed by atoms with E-state index in [2.05, 4.69) is 15.9 Å². The van der Waals surface area contributed by atoms with Crippen LogP contribution in [0, 0.1) is 5.82 Å². The fraction of sp³-hybridized carbons (Fsp3) is 0.111. The zero-order chi connectivity index (χ0) is 17.3. The summed E-state index contributed by atoms with van der Waals surface area (Å²) in [5, 5.41) is 0. The van der Waals surface area contributed by atoms with Gasteiger partial charge in [-0.05, 0) is 36.4 Å². The smallest absolute Gasteiger partial charge is 0.355 e. The van der Waals surface area contributed by atoms with Crippen molar-refractivity contribution in [2.75, 3.05) is 5.73 Å². The van der Waals surface area contributed by atoms with Crippen molar-refractivity contribution in [1.82, 2.24) is 4.57 Å². The van der Waals surface area contributed by atoms with Gasteiger partial charge in [0.15, 0.2) is 5.78 Å². The molecule has 1 heterocycles. The molecule has 7 heteroatoms. The van der Waals surface area contributed by atoms with Gasteiger partial charge in [0.05, 0.1) is 7.05 Å². The third kappa shape index (κ3) is 4.16. The van der Waals surface area contributed by atoms with E-state index >= 15 is 0 Å². The van der Waals surface area contributed by atoms with Crippen LogP contribution in [0.4, 0.5) is 10.3 Å². The minimum atomic E-state index is -0.365. The summed E-state index contributed by atoms with van der Waals surface area (Å²) < 4.78 is 17.5. The molecule has 0 saturated heterocycles. The van der Waals surface area contributed by atoms with E-state index in [9.17, 15) is 9.18 Å². The quantitative estimate of drug-likeness (QED) is 0.443. The molecule has 2 aromatic carbocycles. The standard InChI is InChI=1S/C18H15BrFN3O.BrH/c1-22-16(12-2-6-14(19)7-3-12)10-23(18(22)21)11-17(24)13-4-8-15(20)9-5-13;/h2-10,21H,11H2,1H3;1H. The van der Waals surface area contributed by atoms with E-state index < -0.39 is 0 Å². The first-order chi connectivity index (χ1) is 11.5. The first kappa shape index (κ1) is 19.3. The number of nitrogen functional groups attached to an aromatic ring is 1. The molecule has 3 rings (SSSR count). The highest BCUT2D eigenvalue weighted by atomic mass is 79.9. The lowest BCUT2D eigenvalue weighted by Gasteiger charge is -2.00. The van der Waals surface area contributed by atoms with Gasteiger partial charge in [0.25, 0.3) is 0 Å². The van der Waals surface area contributed by atoms with E-state index in [1.54, 1.807) is 4.57 Å². The van der Waals surface area contributed by atoms with Crippen LogP contribution >= 0.6 is 15.9 Å². The molecule has 130 valence electrons. The lowest BCUT2D eigenvalue weighted by molar-refractivity contribution is -0.667. The molecule has 0 amide bonds. The molecule has 0 fully saturated rings. The van der Waals surface area contributed by atoms with E-state index in [0.29, 0.717) is 11.5 Å². The molecule has 0 aliphatic heterocycles. The van der Waals surface area contributed by atoms with Gasteiger partial charge in [0.2, 0.25) is 0 Å². The number of nitrogens with two attached hydrogens (primary N) is 1. The average molecular weight is 469 g/mol. The molecule has 0 aliphatic rings. The number of imidazole rings is 1. The zero-order valence-electron chi connectivity index (χ0n) is 13.4. The summed E-state index contributed by atoms with van der Waals surface area (Å²) in [5.41, 5.74) is 8.49. The lowest BCUT2D eigenvalue weighted by atomic mass is 10.1. The number of hydrogen-bond donors (Lipinski definition) is 1. The van der Waals surface area contributed by atoms with Gasteiger partial charge in [-0.1, -0.05) is 28.1 Å². The first-order valence-electron chi connectivity index (χ1n) is 7.35. The Balaban J connectivity index is 0.00000225. The number of halogens is 3. The molecule has 2 N–H and O–H groups in total. The molecule has 0 bridgehead atoms. The van der Waals surface area contributed by atoms with E-state index in [0.717, 1.165) is 15.7 Å². The maximum Gasteiger partial charge on any atom is 0.355 e. The lowest BCUT2D eigenvalue weighted by Crippen LogP contribution is -3.00. The van der Waals surface area contributed by atoms with Gasteiger partial charge in [0.1, 0.15) is 24.3 Å². The summed E-state index contributed by atoms with van der Waals surface area (Å²) in [5.74, 6) is -0.0148. The molecular weight excluding hydrogens is 453 g/mol. The molecule has 4 nitrogen and oxygen atoms in total. The van der Waals surface area contributed by atoms with Crippen LogP contribution in [0.25, 0.3) is 11.3 Å². The van der Waals surface area contributed by atoms with Gasteiger partial charge in [-0.2, -0.15) is 0 Å². The second-order valence-electron chi connectivity index (χ2n) is 5.50. The van der Waals surface area contributed by atoms with Crippen LogP contribution in [-0.2, 0) is 13.6 Å². The Hall–Kier alpha value is -1.99. The van der Waals surface area contributed by atoms with Crippen molar-refractivity contribution < 1.29 is 30.7 Å². The maximum atomic E-state index is 13.0. The number of Topliss-reactive ketones (excluding diaryl/α,β-unsaturated/α-hetero) is 1. The number of ketones is 1. The first-order valence-corrected chi connectivity index (χ1v) is 8.14. The van der Waals surface area contributed by atoms with Crippen molar-refractivity contribution in [3.63, 3.8) is 0 Å². The molecule has 3 aromatic rings. The summed E-state index contributed by atoms with van der Waals surface area (Å²) in [4.78, 5) is 12.4. The van der Waals surface area contributed by atoms with Crippen molar-refractivity contribution in [2.45, 2.75) is 6.54 Å². The number of anilines is 1. The van der Waals surface area contributed by atoms with Crippen LogP contribution < -0.4 is 27.3 Å². The predicted molar refractivity (Wildman–Crippen MR) is 93.9 cm³/mol. The predicted octanol–water partition coefficient (Wildman–Crippen LogP) is 0.350. The Morgan fingerprint density at radius 3 is 2.36 bits per heavy atom. The number of carbonyl (C=O) groups is 1. The van der Waals surface area contributed by atoms with Gasteiger partial charge in [-0.25, -0.2) is 13.5 Å². The Kier molecular flexibility index (Phi) is 6.13. The SMILES string of the molecule is Cn1c(-c2ccc(Br)cc2)c[n+](CC(=O)c2ccc(F)cc2)c1N.[Br-]. The van der Waals surface area contributed by atoms with Crippen LogP contribution in [-0.4, -0.2) is 10.4 Å². The van der Waals surface area contributed by atoms with E-state index in [1.165, 1.54) is 24.3 Å². The number of nitrogens with zero attached hydrogens (tertiary/aromatic N) is 2. The molecule has 0 unspecified atom stereocenters. The van der Waals surface area contributed by atoms with Gasteiger partial charge in [0, 0.05) is 15.6 Å². The topological polar surface area (TPSA) is 51.9 Å². The third-order valence-electron chi connectivity index (χ3n) is 3.90. The average Bonchev–Trinajstić information content (AvgIpc) is 2.85. The Labute approximate surface area is 164 Å². The highest BCUT2D eigenvalue weighted by Crippen LogP contribution is 2.22. The second kappa shape index (κ2) is 7.93. The fourth-order valence-corrected chi connectivity index (χ4v) is 2.78. The molecule has 1 aromatic heterocycles. The maximum absolute atomic E-state index is 13.0. The van der Waals surface area contributed by atoms with Crippen LogP contribution in [0.1, 0.15) is 10.4 Å². The van der Waals surface area contributed by atoms with Crippen LogP contribution in [0.5, 0.6) is 0 Å². The summed E-state index contributed by atoms with van der Waals surface area (Å²) in [7, 11) is 1.85. The van der Waals surface area contributed by atoms with Gasteiger partial charge >= 0.3 is 5.95 Å². The second-order valence-corrected chi connectivity index (χ2v) is 6.41. The largest absolute Gasteiger partial charge is 1.00 e. The molecule has 0 spiro atoms. The van der Waals surface area contributed by atoms with Crippen LogP contribution in [0.3, 0.4) is 0 Å². The molecule has 0 aliphatic carbocycles. The summed E-state index contributed by atoms with van der Waals surface area (Å²) >= 11 is 3.41. The third-order valence-corrected chi connectivity index (χ3v) is 4.43. The number of hydrogen-bond acceptors (Lipinski definition) is 2. The Morgan fingerprint density at radius 1 is 1.16 bits per heavy atom. The fourth-order valence-electron chi connectivity index (χ4n) is 2.51. The molecule has 0 radical (unpaired) electrons. The van der Waals surface area contributed by atoms with Crippen molar-refractivity contribution in [2.24, 2.45) is 7.05 Å². The Bertz CT molecular complexity index is 890. The number of benzene rings is 2. The molecular formula is C18H16Br2FN3O. The highest BCUT2D eigenvalue weighted by molar-refractivity contribution is 9.10. The van der Waals surface area contributed by atoms with Gasteiger partial charge in [-0.3, -0.25) is 10.5 Å². The van der Waals surface area contributed by atoms with E-state index in [-0.39, 0.29) is 35.1 Å². The summed E-state index contributed by atoms with van der Waals surface area (Å²) in [6.45, 7) is 0.0990. The molecule has 0 atom stereocenters. The summed E-state index contributed by atoms with van der Waals surface area (Å²) in [6.07, 6.45) is 1.85. The zero-order valence-corrected chi connectivity index (χ0v) is 16.6. The number of rotatable bonds is 4. The van der Waals surface area contributed by atoms with Gasteiger partial charge < -0.3 is 17.0 Å². The van der Waals surface area contributed by atoms with Crippen molar-refractivity contribution in [3.05, 3.63) is 70.6 Å². The Morgan fingerprint density at radius 2 is 1.76 bits per heavy atom. The number of aromatic nitrogens is 2. The highest BCUT2D eigenvalue weighted by Gasteiger charge is 2.20. The van der Waals surface area contributed by atoms with Crippen molar-refractivity contribution in [3.8, 4) is 11.3 Å². The normalized spacial score (nSPS) is 10.4. The number of carbonyl (C=O) groups excluding carboxylic acids is 1. The van der Waals surface area contributed by atoms with E-state index in [4.69, 9.17) is 5.73 Å². The van der Waals surface area contributed by atoms with Crippen molar-refractivity contribution >= 4 is 27.7 Å². The van der Waals surface area contributed by atoms with Gasteiger partial charge in [-0.15, -0.1) is 0 Å². The minimum Gasteiger partial charge on any atom is -1.00 e. The monoisotopic (exact) mass is 467 g/mol. The molecule has 0 saturated carbocycles. The molecule has 25 heavy (non-hydrogen) atoms. The van der Waals surface area contributed by atoms with Crippen LogP contribution in [0.15, 0.2) is 59.2 Å². The summed E-state index contributed by atoms with van der Waals surface area (Å²) in [6, 6.07) is 13.4. The van der Waals surface area contributed by atoms with Crippen molar-refractivity contribution in [1.29, 1.82) is 0 Å².